The van der Waals surface area contributed by atoms with E-state index in [4.69, 9.17) is 0 Å². The molecule has 0 spiro atoms. The molecule has 5 aliphatic rings. The number of hydrogen-bond acceptors (Lipinski definition) is 1. The van der Waals surface area contributed by atoms with Crippen molar-refractivity contribution >= 4 is 0 Å². The fourth-order valence-electron chi connectivity index (χ4n) is 8.28. The van der Waals surface area contributed by atoms with Crippen LogP contribution in [0.2, 0.25) is 0 Å². The van der Waals surface area contributed by atoms with Crippen molar-refractivity contribution in [3.8, 4) is 0 Å². The van der Waals surface area contributed by atoms with Crippen LogP contribution in [0.3, 0.4) is 0 Å². The summed E-state index contributed by atoms with van der Waals surface area (Å²) >= 11 is 0. The van der Waals surface area contributed by atoms with E-state index in [9.17, 15) is 4.39 Å². The summed E-state index contributed by atoms with van der Waals surface area (Å²) in [5.41, 5.74) is 6.67. The lowest BCUT2D eigenvalue weighted by Crippen LogP contribution is -2.37. The van der Waals surface area contributed by atoms with Crippen LogP contribution in [0.5, 0.6) is 0 Å². The van der Waals surface area contributed by atoms with Crippen LogP contribution in [0, 0.1) is 29.1 Å². The molecule has 0 N–H and O–H groups in total. The van der Waals surface area contributed by atoms with E-state index in [0.717, 1.165) is 30.6 Å². The van der Waals surface area contributed by atoms with Crippen LogP contribution in [0.4, 0.5) is 4.39 Å². The molecule has 39 heavy (non-hydrogen) atoms. The summed E-state index contributed by atoms with van der Waals surface area (Å²) in [6.07, 6.45) is 28.7. The second-order valence-electron chi connectivity index (χ2n) is 13.7. The van der Waals surface area contributed by atoms with E-state index in [2.05, 4.69) is 73.5 Å². The molecule has 6 rings (SSSR count). The minimum Gasteiger partial charge on any atom is -0.378 e. The maximum atomic E-state index is 13.5. The first-order valence-electron chi connectivity index (χ1n) is 15.9. The van der Waals surface area contributed by atoms with Gasteiger partial charge in [-0.2, -0.15) is 0 Å². The Bertz CT molecular complexity index is 1180. The van der Waals surface area contributed by atoms with E-state index in [1.54, 1.807) is 23.3 Å². The van der Waals surface area contributed by atoms with Gasteiger partial charge in [0.05, 0.1) is 0 Å². The van der Waals surface area contributed by atoms with Gasteiger partial charge in [0, 0.05) is 13.1 Å². The van der Waals surface area contributed by atoms with E-state index in [1.165, 1.54) is 82.0 Å². The van der Waals surface area contributed by atoms with Crippen molar-refractivity contribution in [2.45, 2.75) is 90.4 Å². The number of allylic oxidation sites excluding steroid dienone is 9. The quantitative estimate of drug-likeness (QED) is 0.310. The van der Waals surface area contributed by atoms with Gasteiger partial charge in [0.2, 0.25) is 0 Å². The van der Waals surface area contributed by atoms with Gasteiger partial charge in [-0.1, -0.05) is 66.6 Å². The van der Waals surface area contributed by atoms with Gasteiger partial charge in [0.1, 0.15) is 5.83 Å². The van der Waals surface area contributed by atoms with Crippen LogP contribution in [0.15, 0.2) is 83.9 Å². The predicted molar refractivity (Wildman–Crippen MR) is 162 cm³/mol. The number of nitrogens with zero attached hydrogens (tertiary/aromatic N) is 1. The molecule has 1 nitrogen and oxygen atoms in total. The Kier molecular flexibility index (Phi) is 8.01. The Labute approximate surface area is 236 Å². The lowest BCUT2D eigenvalue weighted by Gasteiger charge is -2.48. The third-order valence-electron chi connectivity index (χ3n) is 10.7. The minimum atomic E-state index is -0.0619. The van der Waals surface area contributed by atoms with Crippen LogP contribution in [-0.2, 0) is 6.42 Å². The number of halogens is 1. The molecule has 1 aromatic rings. The molecule has 1 aliphatic heterocycles. The molecule has 4 aliphatic carbocycles. The number of rotatable bonds is 9. The first-order valence-corrected chi connectivity index (χ1v) is 15.9. The van der Waals surface area contributed by atoms with Gasteiger partial charge in [-0.05, 0) is 142 Å². The Morgan fingerprint density at radius 3 is 2.85 bits per heavy atom. The highest BCUT2D eigenvalue weighted by molar-refractivity contribution is 5.36. The Morgan fingerprint density at radius 1 is 1.10 bits per heavy atom. The normalized spacial score (nSPS) is 33.8. The average molecular weight is 526 g/mol. The van der Waals surface area contributed by atoms with E-state index >= 15 is 0 Å². The van der Waals surface area contributed by atoms with Crippen LogP contribution in [0.25, 0.3) is 0 Å². The van der Waals surface area contributed by atoms with Gasteiger partial charge in [-0.15, -0.1) is 0 Å². The SMILES string of the molecule is CC1=CC=C2C(Cc3cccc(C4CC4CCN4C=CCCC4)c3)C(CCC3C=CC(F)=CC3)CCC2(C)C1. The summed E-state index contributed by atoms with van der Waals surface area (Å²) in [5.74, 6) is 3.39. The standard InChI is InChI=1S/C37H48FN/c1-27-9-16-36-35(30(17-19-37(36,2)26-27)13-10-28-11-14-33(38)15-12-28)24-29-7-6-8-31(23-29)34-25-32(34)18-22-39-20-4-3-5-21-39/h4,6-9,11,14-16,20,23,28,30,32,34-35H,3,5,10,12-13,17-19,21-22,24-26H2,1-2H3. The molecule has 0 amide bonds. The summed E-state index contributed by atoms with van der Waals surface area (Å²) in [5, 5.41) is 0. The third kappa shape index (κ3) is 6.36. The van der Waals surface area contributed by atoms with Gasteiger partial charge in [0.15, 0.2) is 0 Å². The monoisotopic (exact) mass is 525 g/mol. The topological polar surface area (TPSA) is 3.24 Å². The van der Waals surface area contributed by atoms with Gasteiger partial charge in [0.25, 0.3) is 0 Å². The maximum absolute atomic E-state index is 13.5. The lowest BCUT2D eigenvalue weighted by atomic mass is 9.57. The molecule has 1 heterocycles. The molecule has 1 aromatic carbocycles. The van der Waals surface area contributed by atoms with Crippen molar-refractivity contribution in [3.05, 3.63) is 95.0 Å². The van der Waals surface area contributed by atoms with Gasteiger partial charge in [-0.25, -0.2) is 4.39 Å². The second kappa shape index (κ2) is 11.6. The lowest BCUT2D eigenvalue weighted by molar-refractivity contribution is 0.168. The third-order valence-corrected chi connectivity index (χ3v) is 10.7. The molecule has 2 fully saturated rings. The van der Waals surface area contributed by atoms with Gasteiger partial charge in [-0.3, -0.25) is 0 Å². The molecule has 2 saturated carbocycles. The highest BCUT2D eigenvalue weighted by Gasteiger charge is 2.43. The fourth-order valence-corrected chi connectivity index (χ4v) is 8.28. The Hall–Kier alpha value is -2.35. The van der Waals surface area contributed by atoms with Crippen molar-refractivity contribution in [2.24, 2.45) is 29.1 Å². The van der Waals surface area contributed by atoms with E-state index in [-0.39, 0.29) is 5.83 Å². The summed E-state index contributed by atoms with van der Waals surface area (Å²) in [7, 11) is 0. The molecule has 2 heteroatoms. The first-order chi connectivity index (χ1) is 19.0. The van der Waals surface area contributed by atoms with Crippen LogP contribution in [-0.4, -0.2) is 18.0 Å². The fraction of sp³-hybridized carbons (Fsp3) is 0.568. The minimum absolute atomic E-state index is 0.0619. The number of hydrogen-bond donors (Lipinski definition) is 0. The maximum Gasteiger partial charge on any atom is 0.118 e. The first kappa shape index (κ1) is 26.9. The zero-order valence-corrected chi connectivity index (χ0v) is 24.3. The number of benzene rings is 1. The van der Waals surface area contributed by atoms with Gasteiger partial charge < -0.3 is 4.90 Å². The van der Waals surface area contributed by atoms with Crippen molar-refractivity contribution in [3.63, 3.8) is 0 Å². The van der Waals surface area contributed by atoms with Crippen molar-refractivity contribution in [2.75, 3.05) is 13.1 Å². The van der Waals surface area contributed by atoms with Crippen molar-refractivity contribution in [1.29, 1.82) is 0 Å². The summed E-state index contributed by atoms with van der Waals surface area (Å²) in [4.78, 5) is 2.53. The zero-order chi connectivity index (χ0) is 26.8. The molecule has 0 bridgehead atoms. The Balaban J connectivity index is 1.14. The zero-order valence-electron chi connectivity index (χ0n) is 24.3. The second-order valence-corrected chi connectivity index (χ2v) is 13.7. The summed E-state index contributed by atoms with van der Waals surface area (Å²) in [6.45, 7) is 7.29. The average Bonchev–Trinajstić information content (AvgIpc) is 3.73. The van der Waals surface area contributed by atoms with Crippen LogP contribution in [0.1, 0.15) is 95.1 Å². The highest BCUT2D eigenvalue weighted by Crippen LogP contribution is 2.54. The van der Waals surface area contributed by atoms with Gasteiger partial charge >= 0.3 is 0 Å². The molecule has 6 unspecified atom stereocenters. The molecule has 0 radical (unpaired) electrons. The molecule has 6 atom stereocenters. The molecule has 0 aromatic heterocycles. The summed E-state index contributed by atoms with van der Waals surface area (Å²) < 4.78 is 13.5. The molecular formula is C37H48FN. The van der Waals surface area contributed by atoms with E-state index in [1.807, 2.05) is 0 Å². The van der Waals surface area contributed by atoms with E-state index in [0.29, 0.717) is 17.3 Å². The molecule has 0 saturated heterocycles. The smallest absolute Gasteiger partial charge is 0.118 e. The number of fused-ring (bicyclic) bond motifs is 1. The van der Waals surface area contributed by atoms with E-state index < -0.39 is 0 Å². The largest absolute Gasteiger partial charge is 0.378 e. The molecular weight excluding hydrogens is 477 g/mol. The highest BCUT2D eigenvalue weighted by atomic mass is 19.1. The van der Waals surface area contributed by atoms with Crippen LogP contribution < -0.4 is 0 Å². The predicted octanol–water partition coefficient (Wildman–Crippen LogP) is 9.85. The Morgan fingerprint density at radius 2 is 2.03 bits per heavy atom. The molecule has 208 valence electrons. The van der Waals surface area contributed by atoms with Crippen LogP contribution >= 0.6 is 0 Å². The van der Waals surface area contributed by atoms with Crippen molar-refractivity contribution < 1.29 is 4.39 Å². The summed E-state index contributed by atoms with van der Waals surface area (Å²) in [6, 6.07) is 9.68. The van der Waals surface area contributed by atoms with Crippen molar-refractivity contribution in [1.82, 2.24) is 4.90 Å².